The minimum absolute atomic E-state index is 0.101. The zero-order valence-electron chi connectivity index (χ0n) is 15.3. The van der Waals surface area contributed by atoms with E-state index in [4.69, 9.17) is 5.21 Å². The Morgan fingerprint density at radius 3 is 2.36 bits per heavy atom. The zero-order valence-corrected chi connectivity index (χ0v) is 16.1. The molecule has 0 bridgehead atoms. The Balaban J connectivity index is 2.39. The van der Waals surface area contributed by atoms with Gasteiger partial charge in [-0.2, -0.15) is 4.72 Å². The highest BCUT2D eigenvalue weighted by Gasteiger charge is 2.29. The third-order valence-electron chi connectivity index (χ3n) is 4.42. The number of nitro groups is 1. The monoisotopic (exact) mass is 407 g/mol. The van der Waals surface area contributed by atoms with E-state index in [1.807, 2.05) is 0 Å². The van der Waals surface area contributed by atoms with Crippen molar-refractivity contribution >= 4 is 21.6 Å². The second-order valence-corrected chi connectivity index (χ2v) is 8.01. The lowest BCUT2D eigenvalue weighted by atomic mass is 10.00. The Morgan fingerprint density at radius 1 is 1.18 bits per heavy atom. The number of hydrogen-bond donors (Lipinski definition) is 3. The highest BCUT2D eigenvalue weighted by Crippen LogP contribution is 2.26. The largest absolute Gasteiger partial charge is 0.289 e. The number of nitrogens with one attached hydrogen (secondary N) is 2. The summed E-state index contributed by atoms with van der Waals surface area (Å²) in [6.07, 6.45) is 0.508. The number of carbonyl (C=O) groups excluding carboxylic acids is 1. The van der Waals surface area contributed by atoms with E-state index in [1.54, 1.807) is 26.0 Å². The van der Waals surface area contributed by atoms with Crippen LogP contribution in [-0.2, 0) is 14.8 Å². The van der Waals surface area contributed by atoms with Gasteiger partial charge >= 0.3 is 0 Å². The molecule has 0 saturated carbocycles. The molecule has 2 aromatic rings. The maximum Gasteiger partial charge on any atom is 0.270 e. The van der Waals surface area contributed by atoms with E-state index in [0.717, 1.165) is 0 Å². The molecule has 0 aliphatic heterocycles. The number of benzene rings is 2. The maximum absolute atomic E-state index is 12.8. The number of sulfonamides is 1. The highest BCUT2D eigenvalue weighted by molar-refractivity contribution is 7.89. The molecule has 3 N–H and O–H groups in total. The topological polar surface area (TPSA) is 139 Å². The quantitative estimate of drug-likeness (QED) is 0.349. The smallest absolute Gasteiger partial charge is 0.270 e. The second-order valence-electron chi connectivity index (χ2n) is 6.30. The Labute approximate surface area is 162 Å². The average Bonchev–Trinajstić information content (AvgIpc) is 2.71. The first-order valence-corrected chi connectivity index (χ1v) is 9.99. The molecule has 0 spiro atoms. The molecule has 150 valence electrons. The summed E-state index contributed by atoms with van der Waals surface area (Å²) < 4.78 is 27.8. The van der Waals surface area contributed by atoms with Crippen molar-refractivity contribution in [3.8, 4) is 11.1 Å². The van der Waals surface area contributed by atoms with Gasteiger partial charge in [-0.1, -0.05) is 44.5 Å². The van der Waals surface area contributed by atoms with Crippen LogP contribution in [-0.4, -0.2) is 30.5 Å². The van der Waals surface area contributed by atoms with Gasteiger partial charge in [-0.3, -0.25) is 20.1 Å². The van der Waals surface area contributed by atoms with Crippen LogP contribution in [0.1, 0.15) is 20.3 Å². The predicted octanol–water partition coefficient (Wildman–Crippen LogP) is 2.46. The van der Waals surface area contributed by atoms with Crippen LogP contribution in [0, 0.1) is 16.0 Å². The summed E-state index contributed by atoms with van der Waals surface area (Å²) in [4.78, 5) is 22.2. The van der Waals surface area contributed by atoms with Crippen molar-refractivity contribution in [1.29, 1.82) is 0 Å². The van der Waals surface area contributed by atoms with Crippen molar-refractivity contribution in [3.05, 3.63) is 58.6 Å². The van der Waals surface area contributed by atoms with Crippen LogP contribution in [0.5, 0.6) is 0 Å². The Morgan fingerprint density at radius 2 is 1.79 bits per heavy atom. The SMILES string of the molecule is CC[C@H](C)[C@H](NS(=O)(=O)c1cccc(-c2cccc([N+](=O)[O-])c2)c1)C(=O)NO. The number of rotatable bonds is 8. The van der Waals surface area contributed by atoms with Gasteiger partial charge in [0.2, 0.25) is 10.0 Å². The van der Waals surface area contributed by atoms with Crippen molar-refractivity contribution < 1.29 is 23.3 Å². The number of nitrogens with zero attached hydrogens (tertiary/aromatic N) is 1. The lowest BCUT2D eigenvalue weighted by Gasteiger charge is -2.22. The highest BCUT2D eigenvalue weighted by atomic mass is 32.2. The average molecular weight is 407 g/mol. The van der Waals surface area contributed by atoms with Crippen LogP contribution >= 0.6 is 0 Å². The third-order valence-corrected chi connectivity index (χ3v) is 5.86. The summed E-state index contributed by atoms with van der Waals surface area (Å²) in [7, 11) is -4.08. The van der Waals surface area contributed by atoms with E-state index in [0.29, 0.717) is 17.5 Å². The van der Waals surface area contributed by atoms with E-state index in [1.165, 1.54) is 41.9 Å². The molecule has 0 aliphatic carbocycles. The molecule has 0 heterocycles. The number of hydrogen-bond acceptors (Lipinski definition) is 6. The molecule has 0 saturated heterocycles. The molecule has 2 aromatic carbocycles. The first kappa shape index (κ1) is 21.5. The summed E-state index contributed by atoms with van der Waals surface area (Å²) in [5.41, 5.74) is 2.32. The molecule has 10 heteroatoms. The van der Waals surface area contributed by atoms with Crippen LogP contribution < -0.4 is 10.2 Å². The van der Waals surface area contributed by atoms with Crippen molar-refractivity contribution in [3.63, 3.8) is 0 Å². The third kappa shape index (κ3) is 4.91. The Hall–Kier alpha value is -2.82. The summed E-state index contributed by atoms with van der Waals surface area (Å²) in [5, 5.41) is 19.8. The molecule has 0 aliphatic rings. The van der Waals surface area contributed by atoms with Crippen molar-refractivity contribution in [2.45, 2.75) is 31.2 Å². The zero-order chi connectivity index (χ0) is 20.9. The van der Waals surface area contributed by atoms with Crippen LogP contribution in [0.2, 0.25) is 0 Å². The van der Waals surface area contributed by atoms with E-state index < -0.39 is 26.9 Å². The number of non-ortho nitro benzene ring substituents is 1. The molecule has 0 aromatic heterocycles. The van der Waals surface area contributed by atoms with E-state index in [9.17, 15) is 23.3 Å². The molecular formula is C18H21N3O6S. The van der Waals surface area contributed by atoms with E-state index >= 15 is 0 Å². The lowest BCUT2D eigenvalue weighted by molar-refractivity contribution is -0.384. The summed E-state index contributed by atoms with van der Waals surface area (Å²) >= 11 is 0. The molecular weight excluding hydrogens is 386 g/mol. The van der Waals surface area contributed by atoms with Gasteiger partial charge in [0.1, 0.15) is 6.04 Å². The molecule has 28 heavy (non-hydrogen) atoms. The fourth-order valence-electron chi connectivity index (χ4n) is 2.61. The summed E-state index contributed by atoms with van der Waals surface area (Å²) in [6.45, 7) is 3.47. The fraction of sp³-hybridized carbons (Fsp3) is 0.278. The number of carbonyl (C=O) groups is 1. The van der Waals surface area contributed by atoms with Gasteiger partial charge in [0.15, 0.2) is 0 Å². The van der Waals surface area contributed by atoms with Crippen LogP contribution in [0.15, 0.2) is 53.4 Å². The number of nitro benzene ring substituents is 1. The first-order valence-electron chi connectivity index (χ1n) is 8.50. The Kier molecular flexibility index (Phi) is 6.84. The maximum atomic E-state index is 12.8. The minimum Gasteiger partial charge on any atom is -0.289 e. The molecule has 0 radical (unpaired) electrons. The van der Waals surface area contributed by atoms with Crippen molar-refractivity contribution in [2.24, 2.45) is 5.92 Å². The minimum atomic E-state index is -4.08. The lowest BCUT2D eigenvalue weighted by Crippen LogP contribution is -2.49. The van der Waals surface area contributed by atoms with Gasteiger partial charge in [0.25, 0.3) is 11.6 Å². The molecule has 1 amide bonds. The predicted molar refractivity (Wildman–Crippen MR) is 102 cm³/mol. The standard InChI is InChI=1S/C18H21N3O6S/c1-3-12(2)17(18(22)19-23)20-28(26,27)16-9-5-7-14(11-16)13-6-4-8-15(10-13)21(24)25/h4-12,17,20,23H,3H2,1-2H3,(H,19,22)/t12-,17-/m0/s1. The molecule has 2 rings (SSSR count). The van der Waals surface area contributed by atoms with Crippen molar-refractivity contribution in [1.82, 2.24) is 10.2 Å². The van der Waals surface area contributed by atoms with Crippen LogP contribution in [0.4, 0.5) is 5.69 Å². The molecule has 0 unspecified atom stereocenters. The second kappa shape index (κ2) is 8.91. The Bertz CT molecular complexity index is 977. The summed E-state index contributed by atoms with van der Waals surface area (Å²) in [5.74, 6) is -1.21. The number of amides is 1. The fourth-order valence-corrected chi connectivity index (χ4v) is 3.96. The van der Waals surface area contributed by atoms with Crippen LogP contribution in [0.3, 0.4) is 0 Å². The van der Waals surface area contributed by atoms with E-state index in [2.05, 4.69) is 4.72 Å². The van der Waals surface area contributed by atoms with Gasteiger partial charge in [-0.15, -0.1) is 0 Å². The molecule has 0 fully saturated rings. The normalized spacial score (nSPS) is 13.5. The van der Waals surface area contributed by atoms with Gasteiger partial charge in [0, 0.05) is 12.1 Å². The molecule has 2 atom stereocenters. The first-order chi connectivity index (χ1) is 13.2. The number of hydroxylamine groups is 1. The van der Waals surface area contributed by atoms with Gasteiger partial charge in [0.05, 0.1) is 9.82 Å². The van der Waals surface area contributed by atoms with Crippen LogP contribution in [0.25, 0.3) is 11.1 Å². The van der Waals surface area contributed by atoms with Crippen molar-refractivity contribution in [2.75, 3.05) is 0 Å². The van der Waals surface area contributed by atoms with Gasteiger partial charge in [-0.05, 0) is 29.2 Å². The van der Waals surface area contributed by atoms with Gasteiger partial charge < -0.3 is 0 Å². The molecule has 9 nitrogen and oxygen atoms in total. The van der Waals surface area contributed by atoms with Gasteiger partial charge in [-0.25, -0.2) is 13.9 Å². The van der Waals surface area contributed by atoms with E-state index in [-0.39, 0.29) is 16.5 Å². The summed E-state index contributed by atoms with van der Waals surface area (Å²) in [6, 6.07) is 10.5.